The predicted octanol–water partition coefficient (Wildman–Crippen LogP) is 4.91. The van der Waals surface area contributed by atoms with Crippen LogP contribution in [0.2, 0.25) is 0 Å². The van der Waals surface area contributed by atoms with Gasteiger partial charge in [-0.15, -0.1) is 24.0 Å². The lowest BCUT2D eigenvalue weighted by molar-refractivity contribution is -0.123. The first-order chi connectivity index (χ1) is 11.0. The van der Waals surface area contributed by atoms with Gasteiger partial charge in [-0.25, -0.2) is 0 Å². The fourth-order valence-corrected chi connectivity index (χ4v) is 3.21. The van der Waals surface area contributed by atoms with Crippen molar-refractivity contribution >= 4 is 29.8 Å². The molecule has 0 saturated heterocycles. The van der Waals surface area contributed by atoms with Gasteiger partial charge in [-0.3, -0.25) is 4.79 Å². The maximum atomic E-state index is 13.2. The number of halogens is 1. The predicted molar refractivity (Wildman–Crippen MR) is 112 cm³/mol. The summed E-state index contributed by atoms with van der Waals surface area (Å²) in [4.78, 5) is 15.4. The molecule has 130 valence electrons. The summed E-state index contributed by atoms with van der Waals surface area (Å²) in [6, 6.07) is 20.7. The van der Waals surface area contributed by atoms with E-state index < -0.39 is 5.41 Å². The third-order valence-corrected chi connectivity index (χ3v) is 4.81. The van der Waals surface area contributed by atoms with Crippen molar-refractivity contribution in [2.75, 3.05) is 14.1 Å². The molecule has 2 nitrogen and oxygen atoms in total. The Hall–Kier alpha value is -1.20. The summed E-state index contributed by atoms with van der Waals surface area (Å²) in [5.74, 6) is 0.281. The van der Waals surface area contributed by atoms with Crippen molar-refractivity contribution in [2.24, 2.45) is 0 Å². The Morgan fingerprint density at radius 1 is 0.958 bits per heavy atom. The molecule has 2 rings (SSSR count). The largest absolute Gasteiger partial charge is 0.307 e. The van der Waals surface area contributed by atoms with E-state index in [0.29, 0.717) is 12.5 Å². The first-order valence-corrected chi connectivity index (χ1v) is 8.33. The molecular formula is C21H28INO. The van der Waals surface area contributed by atoms with Crippen molar-refractivity contribution in [2.45, 2.75) is 38.1 Å². The van der Waals surface area contributed by atoms with Gasteiger partial charge in [-0.2, -0.15) is 0 Å². The first kappa shape index (κ1) is 20.8. The molecule has 0 N–H and O–H groups in total. The Bertz CT molecular complexity index is 585. The lowest BCUT2D eigenvalue weighted by Gasteiger charge is -2.37. The average Bonchev–Trinajstić information content (AvgIpc) is 2.60. The van der Waals surface area contributed by atoms with Gasteiger partial charge in [0.05, 0.1) is 5.41 Å². The number of carbonyl (C=O) groups excluding carboxylic acids is 1. The molecule has 24 heavy (non-hydrogen) atoms. The highest BCUT2D eigenvalue weighted by Crippen LogP contribution is 2.39. The van der Waals surface area contributed by atoms with Gasteiger partial charge in [0.2, 0.25) is 0 Å². The molecule has 0 bridgehead atoms. The maximum absolute atomic E-state index is 13.2. The average molecular weight is 437 g/mol. The van der Waals surface area contributed by atoms with Crippen LogP contribution in [0, 0.1) is 0 Å². The van der Waals surface area contributed by atoms with E-state index in [0.717, 1.165) is 17.5 Å². The Kier molecular flexibility index (Phi) is 8.10. The van der Waals surface area contributed by atoms with Crippen molar-refractivity contribution in [3.05, 3.63) is 71.8 Å². The zero-order valence-corrected chi connectivity index (χ0v) is 17.4. The van der Waals surface area contributed by atoms with E-state index in [-0.39, 0.29) is 29.8 Å². The van der Waals surface area contributed by atoms with Gasteiger partial charge in [-0.05, 0) is 38.6 Å². The number of benzene rings is 2. The smallest absolute Gasteiger partial charge is 0.147 e. The summed E-state index contributed by atoms with van der Waals surface area (Å²) in [5.41, 5.74) is 1.60. The summed E-state index contributed by atoms with van der Waals surface area (Å²) in [5, 5.41) is 0. The van der Waals surface area contributed by atoms with Crippen LogP contribution >= 0.6 is 24.0 Å². The Balaban J connectivity index is 0.00000288. The van der Waals surface area contributed by atoms with E-state index in [1.165, 1.54) is 0 Å². The molecule has 0 fully saturated rings. The molecule has 2 aromatic rings. The number of Topliss-reactive ketones (excluding diaryl/α,β-unsaturated/α-hetero) is 1. The van der Waals surface area contributed by atoms with Crippen LogP contribution in [-0.4, -0.2) is 30.8 Å². The highest BCUT2D eigenvalue weighted by atomic mass is 127. The van der Waals surface area contributed by atoms with Crippen LogP contribution in [0.15, 0.2) is 60.7 Å². The van der Waals surface area contributed by atoms with Crippen LogP contribution < -0.4 is 0 Å². The van der Waals surface area contributed by atoms with Crippen LogP contribution in [0.1, 0.15) is 37.8 Å². The molecule has 0 aliphatic carbocycles. The Morgan fingerprint density at radius 2 is 1.38 bits per heavy atom. The van der Waals surface area contributed by atoms with Gasteiger partial charge in [0.1, 0.15) is 5.78 Å². The molecule has 3 heteroatoms. The number of rotatable bonds is 7. The number of nitrogens with zero attached hydrogens (tertiary/aromatic N) is 1. The third kappa shape index (κ3) is 4.25. The summed E-state index contributed by atoms with van der Waals surface area (Å²) in [6.45, 7) is 4.15. The molecule has 0 unspecified atom stereocenters. The second-order valence-corrected chi connectivity index (χ2v) is 6.43. The highest BCUT2D eigenvalue weighted by molar-refractivity contribution is 14.0. The van der Waals surface area contributed by atoms with Crippen LogP contribution in [0.3, 0.4) is 0 Å². The monoisotopic (exact) mass is 437 g/mol. The van der Waals surface area contributed by atoms with Gasteiger partial charge < -0.3 is 4.90 Å². The van der Waals surface area contributed by atoms with Crippen molar-refractivity contribution in [1.82, 2.24) is 4.90 Å². The van der Waals surface area contributed by atoms with Gasteiger partial charge in [0.15, 0.2) is 0 Å². The molecule has 0 aliphatic rings. The summed E-state index contributed by atoms with van der Waals surface area (Å²) in [7, 11) is 4.14. The Morgan fingerprint density at radius 3 is 1.71 bits per heavy atom. The molecule has 1 atom stereocenters. The fraction of sp³-hybridized carbons (Fsp3) is 0.381. The van der Waals surface area contributed by atoms with Crippen LogP contribution in [0.4, 0.5) is 0 Å². The van der Waals surface area contributed by atoms with E-state index in [1.54, 1.807) is 0 Å². The molecule has 2 aromatic carbocycles. The fourth-order valence-electron chi connectivity index (χ4n) is 3.21. The van der Waals surface area contributed by atoms with E-state index >= 15 is 0 Å². The van der Waals surface area contributed by atoms with E-state index in [2.05, 4.69) is 50.2 Å². The van der Waals surface area contributed by atoms with E-state index in [4.69, 9.17) is 0 Å². The highest BCUT2D eigenvalue weighted by Gasteiger charge is 2.41. The quantitative estimate of drug-likeness (QED) is 0.574. The van der Waals surface area contributed by atoms with Gasteiger partial charge in [-0.1, -0.05) is 67.6 Å². The SMILES string of the molecule is CCC(=O)C(C[C@@H](C)N(C)C)(c1ccccc1)c1ccccc1.I. The number of hydrogen-bond acceptors (Lipinski definition) is 2. The van der Waals surface area contributed by atoms with Crippen molar-refractivity contribution in [1.29, 1.82) is 0 Å². The van der Waals surface area contributed by atoms with E-state index in [1.807, 2.05) is 43.3 Å². The summed E-state index contributed by atoms with van der Waals surface area (Å²) >= 11 is 0. The van der Waals surface area contributed by atoms with Gasteiger partial charge in [0.25, 0.3) is 0 Å². The second-order valence-electron chi connectivity index (χ2n) is 6.43. The second kappa shape index (κ2) is 9.33. The molecular weight excluding hydrogens is 409 g/mol. The standard InChI is InChI=1S/C21H27NO.HI/c1-5-20(23)21(16-17(2)22(3)4,18-12-8-6-9-13-18)19-14-10-7-11-15-19;/h6-15,17H,5,16H2,1-4H3;1H/t17-;/m1./s1. The number of carbonyl (C=O) groups is 1. The van der Waals surface area contributed by atoms with Crippen LogP contribution in [0.5, 0.6) is 0 Å². The van der Waals surface area contributed by atoms with E-state index in [9.17, 15) is 4.79 Å². The molecule has 0 saturated carbocycles. The number of hydrogen-bond donors (Lipinski definition) is 0. The minimum absolute atomic E-state index is 0. The molecule has 0 aliphatic heterocycles. The minimum Gasteiger partial charge on any atom is -0.307 e. The molecule has 0 radical (unpaired) electrons. The zero-order chi connectivity index (χ0) is 16.9. The molecule has 0 spiro atoms. The minimum atomic E-state index is -0.582. The zero-order valence-electron chi connectivity index (χ0n) is 15.0. The molecule has 0 heterocycles. The van der Waals surface area contributed by atoms with Crippen LogP contribution in [0.25, 0.3) is 0 Å². The van der Waals surface area contributed by atoms with Crippen molar-refractivity contribution in [3.8, 4) is 0 Å². The summed E-state index contributed by atoms with van der Waals surface area (Å²) < 4.78 is 0. The van der Waals surface area contributed by atoms with Crippen LogP contribution in [-0.2, 0) is 10.2 Å². The number of ketones is 1. The first-order valence-electron chi connectivity index (χ1n) is 8.33. The van der Waals surface area contributed by atoms with Gasteiger partial charge >= 0.3 is 0 Å². The topological polar surface area (TPSA) is 20.3 Å². The van der Waals surface area contributed by atoms with Crippen molar-refractivity contribution in [3.63, 3.8) is 0 Å². The van der Waals surface area contributed by atoms with Crippen molar-refractivity contribution < 1.29 is 4.79 Å². The molecule has 0 aromatic heterocycles. The normalized spacial score (nSPS) is 12.5. The summed E-state index contributed by atoms with van der Waals surface area (Å²) in [6.07, 6.45) is 1.31. The maximum Gasteiger partial charge on any atom is 0.147 e. The Labute approximate surface area is 163 Å². The molecule has 0 amide bonds. The lowest BCUT2D eigenvalue weighted by Crippen LogP contribution is -2.42. The third-order valence-electron chi connectivity index (χ3n) is 4.81. The van der Waals surface area contributed by atoms with Gasteiger partial charge in [0, 0.05) is 12.5 Å². The lowest BCUT2D eigenvalue weighted by atomic mass is 9.67.